The molecule has 1 atom stereocenters. The first-order chi connectivity index (χ1) is 9.01. The van der Waals surface area contributed by atoms with Crippen molar-refractivity contribution in [2.45, 2.75) is 64.0 Å². The standard InChI is InChI=1S/C15H30N2O2/c1-5-6-7-11-17(3)12-10-15(2,14(18)19-4)16-13-8-9-13/h13,16H,5-12H2,1-4H3. The number of unbranched alkanes of at least 4 members (excludes halogenated alkanes) is 2. The number of hydrogen-bond acceptors (Lipinski definition) is 4. The fourth-order valence-electron chi connectivity index (χ4n) is 2.29. The Balaban J connectivity index is 2.36. The number of esters is 1. The Morgan fingerprint density at radius 3 is 2.58 bits per heavy atom. The molecule has 1 rings (SSSR count). The molecule has 0 spiro atoms. The molecule has 0 aromatic heterocycles. The second-order valence-electron chi connectivity index (χ2n) is 6.00. The number of methoxy groups -OCH3 is 1. The van der Waals surface area contributed by atoms with Gasteiger partial charge >= 0.3 is 5.97 Å². The second-order valence-corrected chi connectivity index (χ2v) is 6.00. The Kier molecular flexibility index (Phi) is 6.80. The van der Waals surface area contributed by atoms with E-state index in [9.17, 15) is 4.79 Å². The van der Waals surface area contributed by atoms with E-state index in [-0.39, 0.29) is 5.97 Å². The van der Waals surface area contributed by atoms with Gasteiger partial charge in [0.05, 0.1) is 7.11 Å². The Morgan fingerprint density at radius 1 is 1.37 bits per heavy atom. The lowest BCUT2D eigenvalue weighted by molar-refractivity contribution is -0.148. The zero-order valence-corrected chi connectivity index (χ0v) is 13.0. The molecular formula is C15H30N2O2. The topological polar surface area (TPSA) is 41.6 Å². The van der Waals surface area contributed by atoms with Crippen LogP contribution in [0, 0.1) is 0 Å². The summed E-state index contributed by atoms with van der Waals surface area (Å²) in [6, 6.07) is 0.509. The van der Waals surface area contributed by atoms with Gasteiger partial charge in [-0.15, -0.1) is 0 Å². The van der Waals surface area contributed by atoms with Crippen LogP contribution in [0.4, 0.5) is 0 Å². The fourth-order valence-corrected chi connectivity index (χ4v) is 2.29. The lowest BCUT2D eigenvalue weighted by Gasteiger charge is -2.30. The second kappa shape index (κ2) is 7.85. The van der Waals surface area contributed by atoms with Gasteiger partial charge in [-0.25, -0.2) is 0 Å². The lowest BCUT2D eigenvalue weighted by atomic mass is 9.97. The number of hydrogen-bond donors (Lipinski definition) is 1. The molecule has 0 bridgehead atoms. The van der Waals surface area contributed by atoms with Gasteiger partial charge in [-0.2, -0.15) is 0 Å². The van der Waals surface area contributed by atoms with E-state index in [2.05, 4.69) is 24.2 Å². The van der Waals surface area contributed by atoms with Crippen molar-refractivity contribution in [1.82, 2.24) is 10.2 Å². The van der Waals surface area contributed by atoms with Crippen LogP contribution in [0.3, 0.4) is 0 Å². The number of carbonyl (C=O) groups is 1. The van der Waals surface area contributed by atoms with Gasteiger partial charge in [0, 0.05) is 12.6 Å². The zero-order valence-electron chi connectivity index (χ0n) is 13.0. The Labute approximate surface area is 117 Å². The molecule has 4 nitrogen and oxygen atoms in total. The van der Waals surface area contributed by atoms with Crippen LogP contribution >= 0.6 is 0 Å². The van der Waals surface area contributed by atoms with Crippen LogP contribution in [0.2, 0.25) is 0 Å². The van der Waals surface area contributed by atoms with Gasteiger partial charge in [0.15, 0.2) is 0 Å². The van der Waals surface area contributed by atoms with Gasteiger partial charge < -0.3 is 9.64 Å². The fraction of sp³-hybridized carbons (Fsp3) is 0.933. The molecule has 0 heterocycles. The first-order valence-corrected chi connectivity index (χ1v) is 7.56. The van der Waals surface area contributed by atoms with E-state index in [0.717, 1.165) is 19.5 Å². The zero-order chi connectivity index (χ0) is 14.3. The molecule has 1 fully saturated rings. The maximum Gasteiger partial charge on any atom is 0.325 e. The molecule has 1 aliphatic carbocycles. The molecule has 0 radical (unpaired) electrons. The average Bonchev–Trinajstić information content (AvgIpc) is 3.19. The summed E-state index contributed by atoms with van der Waals surface area (Å²) < 4.78 is 4.95. The summed E-state index contributed by atoms with van der Waals surface area (Å²) in [6.45, 7) is 6.22. The summed E-state index contributed by atoms with van der Waals surface area (Å²) in [4.78, 5) is 14.3. The van der Waals surface area contributed by atoms with Gasteiger partial charge in [-0.3, -0.25) is 10.1 Å². The molecule has 1 aliphatic rings. The summed E-state index contributed by atoms with van der Waals surface area (Å²) in [5, 5.41) is 3.44. The molecule has 19 heavy (non-hydrogen) atoms. The number of ether oxygens (including phenoxy) is 1. The third-order valence-electron chi connectivity index (χ3n) is 3.87. The van der Waals surface area contributed by atoms with Gasteiger partial charge in [0.2, 0.25) is 0 Å². The minimum Gasteiger partial charge on any atom is -0.468 e. The van der Waals surface area contributed by atoms with Crippen LogP contribution in [-0.4, -0.2) is 49.7 Å². The van der Waals surface area contributed by atoms with Crippen LogP contribution in [-0.2, 0) is 9.53 Å². The monoisotopic (exact) mass is 270 g/mol. The van der Waals surface area contributed by atoms with Crippen LogP contribution in [0.15, 0.2) is 0 Å². The summed E-state index contributed by atoms with van der Waals surface area (Å²) in [7, 11) is 3.60. The van der Waals surface area contributed by atoms with Crippen molar-refractivity contribution >= 4 is 5.97 Å². The van der Waals surface area contributed by atoms with E-state index in [0.29, 0.717) is 6.04 Å². The molecular weight excluding hydrogens is 240 g/mol. The van der Waals surface area contributed by atoms with Crippen molar-refractivity contribution in [2.75, 3.05) is 27.2 Å². The number of carbonyl (C=O) groups excluding carboxylic acids is 1. The van der Waals surface area contributed by atoms with Crippen LogP contribution in [0.1, 0.15) is 52.4 Å². The number of nitrogens with zero attached hydrogens (tertiary/aromatic N) is 1. The van der Waals surface area contributed by atoms with Crippen molar-refractivity contribution in [3.8, 4) is 0 Å². The smallest absolute Gasteiger partial charge is 0.325 e. The summed E-state index contributed by atoms with van der Waals surface area (Å²) >= 11 is 0. The largest absolute Gasteiger partial charge is 0.468 e. The van der Waals surface area contributed by atoms with E-state index in [1.165, 1.54) is 39.2 Å². The molecule has 0 amide bonds. The highest BCUT2D eigenvalue weighted by Crippen LogP contribution is 2.25. The van der Waals surface area contributed by atoms with Crippen LogP contribution < -0.4 is 5.32 Å². The summed E-state index contributed by atoms with van der Waals surface area (Å²) in [5.41, 5.74) is -0.533. The molecule has 4 heteroatoms. The van der Waals surface area contributed by atoms with E-state index >= 15 is 0 Å². The summed E-state index contributed by atoms with van der Waals surface area (Å²) in [6.07, 6.45) is 6.92. The first kappa shape index (κ1) is 16.4. The van der Waals surface area contributed by atoms with E-state index in [4.69, 9.17) is 4.74 Å². The minimum atomic E-state index is -0.533. The average molecular weight is 270 g/mol. The van der Waals surface area contributed by atoms with Gasteiger partial charge in [0.25, 0.3) is 0 Å². The Bertz CT molecular complexity index is 279. The molecule has 112 valence electrons. The number of nitrogens with one attached hydrogen (secondary N) is 1. The summed E-state index contributed by atoms with van der Waals surface area (Å²) in [5.74, 6) is -0.138. The quantitative estimate of drug-likeness (QED) is 0.488. The number of rotatable bonds is 10. The van der Waals surface area contributed by atoms with Crippen molar-refractivity contribution in [1.29, 1.82) is 0 Å². The highest BCUT2D eigenvalue weighted by atomic mass is 16.5. The predicted octanol–water partition coefficient (Wildman–Crippen LogP) is 2.18. The van der Waals surface area contributed by atoms with Gasteiger partial charge in [-0.1, -0.05) is 19.8 Å². The first-order valence-electron chi connectivity index (χ1n) is 7.56. The Morgan fingerprint density at radius 2 is 2.05 bits per heavy atom. The predicted molar refractivity (Wildman–Crippen MR) is 78.2 cm³/mol. The minimum absolute atomic E-state index is 0.138. The van der Waals surface area contributed by atoms with Crippen molar-refractivity contribution in [3.05, 3.63) is 0 Å². The van der Waals surface area contributed by atoms with Crippen LogP contribution in [0.5, 0.6) is 0 Å². The molecule has 1 N–H and O–H groups in total. The van der Waals surface area contributed by atoms with E-state index < -0.39 is 5.54 Å². The Hall–Kier alpha value is -0.610. The SMILES string of the molecule is CCCCCN(C)CCC(C)(NC1CC1)C(=O)OC. The van der Waals surface area contributed by atoms with Crippen molar-refractivity contribution in [2.24, 2.45) is 0 Å². The molecule has 1 unspecified atom stereocenters. The molecule has 0 saturated heterocycles. The normalized spacial score (nSPS) is 18.4. The molecule has 0 aromatic rings. The van der Waals surface area contributed by atoms with Gasteiger partial charge in [-0.05, 0) is 46.2 Å². The third kappa shape index (κ3) is 5.91. The van der Waals surface area contributed by atoms with Gasteiger partial charge in [0.1, 0.15) is 5.54 Å². The van der Waals surface area contributed by atoms with E-state index in [1.54, 1.807) is 0 Å². The molecule has 0 aliphatic heterocycles. The maximum atomic E-state index is 12.0. The third-order valence-corrected chi connectivity index (χ3v) is 3.87. The van der Waals surface area contributed by atoms with Crippen molar-refractivity contribution in [3.63, 3.8) is 0 Å². The highest BCUT2D eigenvalue weighted by Gasteiger charge is 2.39. The van der Waals surface area contributed by atoms with E-state index in [1.807, 2.05) is 6.92 Å². The molecule has 1 saturated carbocycles. The maximum absolute atomic E-state index is 12.0. The van der Waals surface area contributed by atoms with Crippen molar-refractivity contribution < 1.29 is 9.53 Å². The lowest BCUT2D eigenvalue weighted by Crippen LogP contribution is -2.52. The van der Waals surface area contributed by atoms with Crippen LogP contribution in [0.25, 0.3) is 0 Å². The molecule has 0 aromatic carbocycles. The highest BCUT2D eigenvalue weighted by molar-refractivity contribution is 5.80.